The fourth-order valence-electron chi connectivity index (χ4n) is 2.83. The molecule has 1 aromatic carbocycles. The molecule has 26 heavy (non-hydrogen) atoms. The van der Waals surface area contributed by atoms with Crippen LogP contribution in [-0.4, -0.2) is 17.6 Å². The smallest absolute Gasteiger partial charge is 0.365 e. The SMILES string of the molecule is NC(=O)c1c(NC(=O)CSc2cccc(C(F)(F)F)c2)sc2c1CCC2. The highest BCUT2D eigenvalue weighted by atomic mass is 32.2. The van der Waals surface area contributed by atoms with Crippen molar-refractivity contribution in [3.8, 4) is 0 Å². The standard InChI is InChI=1S/C17H15F3N2O2S2/c18-17(19,20)9-3-1-4-10(7-9)25-8-13(23)22-16-14(15(21)24)11-5-2-6-12(11)26-16/h1,3-4,7H,2,5-6,8H2,(H2,21,24)(H,22,23). The molecule has 3 N–H and O–H groups in total. The molecule has 0 radical (unpaired) electrons. The van der Waals surface area contributed by atoms with Crippen molar-refractivity contribution >= 4 is 39.9 Å². The normalized spacial score (nSPS) is 13.5. The Morgan fingerprint density at radius 1 is 1.27 bits per heavy atom. The Morgan fingerprint density at radius 3 is 2.73 bits per heavy atom. The number of nitrogens with one attached hydrogen (secondary N) is 1. The number of carbonyl (C=O) groups excluding carboxylic acids is 2. The maximum Gasteiger partial charge on any atom is 0.416 e. The van der Waals surface area contributed by atoms with Gasteiger partial charge in [-0.2, -0.15) is 13.2 Å². The van der Waals surface area contributed by atoms with E-state index in [0.717, 1.165) is 53.6 Å². The molecule has 1 aliphatic carbocycles. The lowest BCUT2D eigenvalue weighted by molar-refractivity contribution is -0.137. The van der Waals surface area contributed by atoms with Crippen LogP contribution in [0, 0.1) is 0 Å². The van der Waals surface area contributed by atoms with Crippen molar-refractivity contribution in [2.45, 2.75) is 30.3 Å². The molecular formula is C17H15F3N2O2S2. The fraction of sp³-hybridized carbons (Fsp3) is 0.294. The highest BCUT2D eigenvalue weighted by Crippen LogP contribution is 2.39. The summed E-state index contributed by atoms with van der Waals surface area (Å²) >= 11 is 2.34. The summed E-state index contributed by atoms with van der Waals surface area (Å²) in [5.74, 6) is -1.04. The van der Waals surface area contributed by atoms with Crippen LogP contribution in [0.3, 0.4) is 0 Å². The molecule has 0 spiro atoms. The molecule has 0 unspecified atom stereocenters. The highest BCUT2D eigenvalue weighted by molar-refractivity contribution is 8.00. The maximum atomic E-state index is 12.7. The van der Waals surface area contributed by atoms with Gasteiger partial charge in [-0.15, -0.1) is 23.1 Å². The van der Waals surface area contributed by atoms with Crippen molar-refractivity contribution in [3.63, 3.8) is 0 Å². The van der Waals surface area contributed by atoms with Gasteiger partial charge in [0.15, 0.2) is 0 Å². The second kappa shape index (κ2) is 7.32. The number of carbonyl (C=O) groups is 2. The largest absolute Gasteiger partial charge is 0.416 e. The van der Waals surface area contributed by atoms with Gasteiger partial charge in [0, 0.05) is 9.77 Å². The van der Waals surface area contributed by atoms with E-state index in [1.165, 1.54) is 23.5 Å². The van der Waals surface area contributed by atoms with Gasteiger partial charge in [-0.1, -0.05) is 6.07 Å². The Bertz CT molecular complexity index is 862. The van der Waals surface area contributed by atoms with Crippen LogP contribution in [-0.2, 0) is 23.8 Å². The second-order valence-corrected chi connectivity index (χ2v) is 7.94. The Morgan fingerprint density at radius 2 is 2.04 bits per heavy atom. The van der Waals surface area contributed by atoms with Crippen LogP contribution in [0.5, 0.6) is 0 Å². The zero-order chi connectivity index (χ0) is 18.9. The number of rotatable bonds is 5. The lowest BCUT2D eigenvalue weighted by atomic mass is 10.1. The van der Waals surface area contributed by atoms with Crippen molar-refractivity contribution in [2.24, 2.45) is 5.73 Å². The number of benzene rings is 1. The van der Waals surface area contributed by atoms with Crippen molar-refractivity contribution in [1.29, 1.82) is 0 Å². The molecule has 4 nitrogen and oxygen atoms in total. The minimum Gasteiger partial charge on any atom is -0.365 e. The number of halogens is 3. The lowest BCUT2D eigenvalue weighted by Crippen LogP contribution is -2.18. The molecule has 1 aromatic heterocycles. The monoisotopic (exact) mass is 400 g/mol. The summed E-state index contributed by atoms with van der Waals surface area (Å²) in [5, 5.41) is 3.10. The van der Waals surface area contributed by atoms with Gasteiger partial charge in [0.1, 0.15) is 5.00 Å². The van der Waals surface area contributed by atoms with Crippen LogP contribution in [0.25, 0.3) is 0 Å². The summed E-state index contributed by atoms with van der Waals surface area (Å²) in [5.41, 5.74) is 5.95. The van der Waals surface area contributed by atoms with Gasteiger partial charge in [-0.3, -0.25) is 9.59 Å². The third-order valence-corrected chi connectivity index (χ3v) is 6.15. The maximum absolute atomic E-state index is 12.7. The Hall–Kier alpha value is -2.00. The van der Waals surface area contributed by atoms with Crippen molar-refractivity contribution in [1.82, 2.24) is 0 Å². The van der Waals surface area contributed by atoms with Crippen LogP contribution >= 0.6 is 23.1 Å². The minimum absolute atomic E-state index is 0.0674. The fourth-order valence-corrected chi connectivity index (χ4v) is 4.89. The molecular weight excluding hydrogens is 385 g/mol. The quantitative estimate of drug-likeness (QED) is 0.743. The van der Waals surface area contributed by atoms with Gasteiger partial charge in [-0.25, -0.2) is 0 Å². The van der Waals surface area contributed by atoms with E-state index < -0.39 is 23.6 Å². The first-order valence-corrected chi connectivity index (χ1v) is 9.60. The van der Waals surface area contributed by atoms with E-state index in [2.05, 4.69) is 5.32 Å². The van der Waals surface area contributed by atoms with Gasteiger partial charge in [0.2, 0.25) is 5.91 Å². The zero-order valence-corrected chi connectivity index (χ0v) is 15.1. The summed E-state index contributed by atoms with van der Waals surface area (Å²) < 4.78 is 38.2. The molecule has 2 aromatic rings. The first-order chi connectivity index (χ1) is 12.3. The van der Waals surface area contributed by atoms with Crippen LogP contribution < -0.4 is 11.1 Å². The number of hydrogen-bond donors (Lipinski definition) is 2. The van der Waals surface area contributed by atoms with Gasteiger partial charge in [-0.05, 0) is 43.0 Å². The average Bonchev–Trinajstić information content (AvgIpc) is 3.12. The molecule has 9 heteroatoms. The van der Waals surface area contributed by atoms with E-state index in [1.54, 1.807) is 0 Å². The number of fused-ring (bicyclic) bond motifs is 1. The molecule has 1 aliphatic rings. The first kappa shape index (κ1) is 18.8. The van der Waals surface area contributed by atoms with Crippen LogP contribution in [0.15, 0.2) is 29.2 Å². The number of amides is 2. The number of primary amides is 1. The summed E-state index contributed by atoms with van der Waals surface area (Å²) in [6.07, 6.45) is -1.85. The molecule has 0 aliphatic heterocycles. The molecule has 0 saturated heterocycles. The van der Waals surface area contributed by atoms with Crippen LogP contribution in [0.1, 0.15) is 32.8 Å². The number of thiophene rings is 1. The van der Waals surface area contributed by atoms with E-state index in [0.29, 0.717) is 15.5 Å². The van der Waals surface area contributed by atoms with Crippen molar-refractivity contribution in [2.75, 3.05) is 11.1 Å². The lowest BCUT2D eigenvalue weighted by Gasteiger charge is -2.09. The minimum atomic E-state index is -4.42. The van der Waals surface area contributed by atoms with E-state index in [4.69, 9.17) is 5.73 Å². The zero-order valence-electron chi connectivity index (χ0n) is 13.5. The summed E-state index contributed by atoms with van der Waals surface area (Å²) in [6, 6.07) is 4.81. The predicted octanol–water partition coefficient (Wildman–Crippen LogP) is 4.09. The number of alkyl halides is 3. The van der Waals surface area contributed by atoms with Gasteiger partial charge < -0.3 is 11.1 Å². The van der Waals surface area contributed by atoms with E-state index in [9.17, 15) is 22.8 Å². The highest BCUT2D eigenvalue weighted by Gasteiger charge is 2.30. The third-order valence-electron chi connectivity index (χ3n) is 3.95. The van der Waals surface area contributed by atoms with Crippen molar-refractivity contribution in [3.05, 3.63) is 45.8 Å². The summed E-state index contributed by atoms with van der Waals surface area (Å²) in [7, 11) is 0. The Kier molecular flexibility index (Phi) is 5.29. The second-order valence-electron chi connectivity index (χ2n) is 5.79. The number of anilines is 1. The van der Waals surface area contributed by atoms with Gasteiger partial charge in [0.25, 0.3) is 5.91 Å². The predicted molar refractivity (Wildman–Crippen MR) is 95.7 cm³/mol. The molecule has 0 saturated carbocycles. The van der Waals surface area contributed by atoms with Crippen molar-refractivity contribution < 1.29 is 22.8 Å². The molecule has 0 bridgehead atoms. The Balaban J connectivity index is 1.67. The Labute approximate surface area is 156 Å². The number of hydrogen-bond acceptors (Lipinski definition) is 4. The number of thioether (sulfide) groups is 1. The molecule has 0 fully saturated rings. The molecule has 1 heterocycles. The number of nitrogens with two attached hydrogens (primary N) is 1. The van der Waals surface area contributed by atoms with Crippen LogP contribution in [0.4, 0.5) is 18.2 Å². The molecule has 0 atom stereocenters. The molecule has 2 amide bonds. The van der Waals surface area contributed by atoms with E-state index in [1.807, 2.05) is 0 Å². The van der Waals surface area contributed by atoms with Crippen LogP contribution in [0.2, 0.25) is 0 Å². The summed E-state index contributed by atoms with van der Waals surface area (Å²) in [6.45, 7) is 0. The summed E-state index contributed by atoms with van der Waals surface area (Å²) in [4.78, 5) is 25.3. The molecule has 138 valence electrons. The topological polar surface area (TPSA) is 72.2 Å². The number of aryl methyl sites for hydroxylation is 1. The molecule has 3 rings (SSSR count). The first-order valence-electron chi connectivity index (χ1n) is 7.80. The van der Waals surface area contributed by atoms with Gasteiger partial charge >= 0.3 is 6.18 Å². The average molecular weight is 400 g/mol. The third kappa shape index (κ3) is 4.04. The van der Waals surface area contributed by atoms with E-state index in [-0.39, 0.29) is 5.75 Å². The van der Waals surface area contributed by atoms with Gasteiger partial charge in [0.05, 0.1) is 16.9 Å². The van der Waals surface area contributed by atoms with E-state index >= 15 is 0 Å².